The van der Waals surface area contributed by atoms with Crippen LogP contribution in [0.15, 0.2) is 35.3 Å². The van der Waals surface area contributed by atoms with Gasteiger partial charge in [0.1, 0.15) is 22.3 Å². The molecular formula is C28H31FN4O5S. The Kier molecular flexibility index (Phi) is 7.92. The highest BCUT2D eigenvalue weighted by atomic mass is 32.1. The molecule has 1 amide bonds. The van der Waals surface area contributed by atoms with Gasteiger partial charge in [-0.1, -0.05) is 19.1 Å². The fourth-order valence-corrected chi connectivity index (χ4v) is 5.97. The number of benzene rings is 1. The minimum atomic E-state index is -0.579. The maximum atomic E-state index is 13.6. The average Bonchev–Trinajstić information content (AvgIpc) is 3.39. The average molecular weight is 555 g/mol. The first-order valence-electron chi connectivity index (χ1n) is 13.0. The normalized spacial score (nSPS) is 20.7. The van der Waals surface area contributed by atoms with Gasteiger partial charge in [-0.05, 0) is 42.5 Å². The largest absolute Gasteiger partial charge is 0.501 e. The van der Waals surface area contributed by atoms with E-state index in [9.17, 15) is 19.1 Å². The zero-order valence-electron chi connectivity index (χ0n) is 22.1. The maximum Gasteiger partial charge on any atom is 0.300 e. The number of thiazole rings is 1. The molecule has 0 aliphatic carbocycles. The number of hydrogen-bond donors (Lipinski definition) is 1. The molecule has 3 atom stereocenters. The topological polar surface area (TPSA) is 107 Å². The number of halogens is 1. The highest BCUT2D eigenvalue weighted by Crippen LogP contribution is 2.32. The van der Waals surface area contributed by atoms with E-state index in [0.717, 1.165) is 16.0 Å². The quantitative estimate of drug-likeness (QED) is 0.476. The van der Waals surface area contributed by atoms with E-state index in [1.54, 1.807) is 42.6 Å². The van der Waals surface area contributed by atoms with Crippen molar-refractivity contribution in [3.8, 4) is 16.5 Å². The number of fused-ring (bicyclic) bond motifs is 1. The molecule has 206 valence electrons. The van der Waals surface area contributed by atoms with E-state index in [4.69, 9.17) is 9.47 Å². The van der Waals surface area contributed by atoms with Crippen molar-refractivity contribution in [1.82, 2.24) is 19.4 Å². The molecule has 9 nitrogen and oxygen atoms in total. The van der Waals surface area contributed by atoms with Gasteiger partial charge < -0.3 is 19.5 Å². The summed E-state index contributed by atoms with van der Waals surface area (Å²) in [4.78, 5) is 37.7. The molecule has 0 bridgehead atoms. The summed E-state index contributed by atoms with van der Waals surface area (Å²) in [5.74, 6) is -0.450. The summed E-state index contributed by atoms with van der Waals surface area (Å²) >= 11 is 1.33. The third kappa shape index (κ3) is 5.80. The van der Waals surface area contributed by atoms with Crippen molar-refractivity contribution in [2.24, 2.45) is 5.92 Å². The molecule has 1 aromatic carbocycles. The van der Waals surface area contributed by atoms with Crippen LogP contribution in [0.1, 0.15) is 42.1 Å². The Hall–Kier alpha value is -3.41. The molecule has 1 N–H and O–H groups in total. The molecule has 3 unspecified atom stereocenters. The molecule has 0 saturated carbocycles. The second-order valence-electron chi connectivity index (χ2n) is 9.90. The maximum absolute atomic E-state index is 13.6. The van der Waals surface area contributed by atoms with E-state index in [0.29, 0.717) is 43.2 Å². The van der Waals surface area contributed by atoms with Gasteiger partial charge in [-0.25, -0.2) is 14.4 Å². The van der Waals surface area contributed by atoms with Crippen molar-refractivity contribution in [1.29, 1.82) is 0 Å². The Morgan fingerprint density at radius 3 is 2.90 bits per heavy atom. The van der Waals surface area contributed by atoms with Crippen LogP contribution < -0.4 is 5.56 Å². The number of aromatic hydroxyl groups is 1. The van der Waals surface area contributed by atoms with Crippen LogP contribution in [0.25, 0.3) is 16.9 Å². The third-order valence-corrected chi connectivity index (χ3v) is 8.07. The lowest BCUT2D eigenvalue weighted by atomic mass is 9.97. The van der Waals surface area contributed by atoms with Gasteiger partial charge in [0.15, 0.2) is 6.29 Å². The zero-order chi connectivity index (χ0) is 27.7. The van der Waals surface area contributed by atoms with Gasteiger partial charge in [-0.2, -0.15) is 0 Å². The molecule has 2 aliphatic rings. The predicted octanol–water partition coefficient (Wildman–Crippen LogP) is 3.62. The molecule has 2 aromatic heterocycles. The van der Waals surface area contributed by atoms with E-state index in [2.05, 4.69) is 9.97 Å². The van der Waals surface area contributed by atoms with Crippen molar-refractivity contribution >= 4 is 23.4 Å². The molecule has 2 aliphatic heterocycles. The van der Waals surface area contributed by atoms with E-state index >= 15 is 0 Å². The first-order chi connectivity index (χ1) is 18.7. The standard InChI is InChI=1S/C28H31FN4O5S/c1-4-18-11-20(29)6-5-19(18)12-21-13-30-27(39-21)25-26(35)28(36)33-8-7-17(9-22(33)31-25)10-23(34)32-14-16(2)38-24(15-32)37-3/h5-8,11,13,16-17,24,35H,4,9-10,12,14-15H2,1-3H3. The predicted molar refractivity (Wildman–Crippen MR) is 145 cm³/mol. The number of amides is 1. The zero-order valence-corrected chi connectivity index (χ0v) is 22.9. The van der Waals surface area contributed by atoms with Crippen LogP contribution >= 0.6 is 11.3 Å². The van der Waals surface area contributed by atoms with Crippen molar-refractivity contribution in [3.05, 3.63) is 68.5 Å². The van der Waals surface area contributed by atoms with E-state index in [-0.39, 0.29) is 35.9 Å². The van der Waals surface area contributed by atoms with Gasteiger partial charge in [-0.3, -0.25) is 14.2 Å². The van der Waals surface area contributed by atoms with Gasteiger partial charge in [0.25, 0.3) is 0 Å². The fourth-order valence-electron chi connectivity index (χ4n) is 5.05. The van der Waals surface area contributed by atoms with Gasteiger partial charge in [0, 0.05) is 50.2 Å². The van der Waals surface area contributed by atoms with Crippen molar-refractivity contribution in [3.63, 3.8) is 0 Å². The molecule has 11 heteroatoms. The number of morpholine rings is 1. The second kappa shape index (κ2) is 11.4. The molecule has 1 saturated heterocycles. The molecule has 0 spiro atoms. The highest BCUT2D eigenvalue weighted by molar-refractivity contribution is 7.15. The number of aryl methyl sites for hydroxylation is 1. The number of allylic oxidation sites excluding steroid dienone is 1. The van der Waals surface area contributed by atoms with Crippen molar-refractivity contribution in [2.45, 2.75) is 51.9 Å². The Balaban J connectivity index is 1.34. The molecule has 1 fully saturated rings. The summed E-state index contributed by atoms with van der Waals surface area (Å²) in [5, 5.41) is 11.1. The summed E-state index contributed by atoms with van der Waals surface area (Å²) in [6.45, 7) is 4.74. The Morgan fingerprint density at radius 1 is 1.31 bits per heavy atom. The van der Waals surface area contributed by atoms with Crippen molar-refractivity contribution < 1.29 is 23.8 Å². The lowest BCUT2D eigenvalue weighted by Gasteiger charge is -2.36. The SMILES string of the molecule is CCc1cc(F)ccc1Cc1cnc(-c2nc3n(c(=O)c2O)C=CC(CC(=O)N2CC(C)OC(OC)C2)C3)s1. The Labute approximate surface area is 229 Å². The summed E-state index contributed by atoms with van der Waals surface area (Å²) in [5.41, 5.74) is 1.47. The lowest BCUT2D eigenvalue weighted by Crippen LogP contribution is -2.50. The Bertz CT molecular complexity index is 1470. The number of ether oxygens (including phenoxy) is 2. The summed E-state index contributed by atoms with van der Waals surface area (Å²) in [7, 11) is 1.55. The van der Waals surface area contributed by atoms with Crippen molar-refractivity contribution in [2.75, 3.05) is 20.2 Å². The van der Waals surface area contributed by atoms with E-state index in [1.807, 2.05) is 13.8 Å². The van der Waals surface area contributed by atoms with Gasteiger partial charge >= 0.3 is 5.56 Å². The first kappa shape index (κ1) is 27.2. The molecule has 0 radical (unpaired) electrons. The van der Waals surface area contributed by atoms with Crippen LogP contribution in [0.5, 0.6) is 5.75 Å². The first-order valence-corrected chi connectivity index (χ1v) is 13.8. The number of methoxy groups -OCH3 is 1. The number of carbonyl (C=O) groups is 1. The third-order valence-electron chi connectivity index (χ3n) is 7.07. The molecule has 3 aromatic rings. The molecule has 4 heterocycles. The minimum absolute atomic E-state index is 0.0199. The minimum Gasteiger partial charge on any atom is -0.501 e. The number of hydrogen-bond acceptors (Lipinski definition) is 8. The molecular weight excluding hydrogens is 523 g/mol. The lowest BCUT2D eigenvalue weighted by molar-refractivity contribution is -0.197. The van der Waals surface area contributed by atoms with E-state index < -0.39 is 17.6 Å². The number of nitrogens with zero attached hydrogens (tertiary/aromatic N) is 4. The highest BCUT2D eigenvalue weighted by Gasteiger charge is 2.30. The van der Waals surface area contributed by atoms with Crippen LogP contribution in [-0.2, 0) is 33.5 Å². The van der Waals surface area contributed by atoms with Crippen LogP contribution in [-0.4, -0.2) is 63.0 Å². The van der Waals surface area contributed by atoms with Crippen LogP contribution in [0.2, 0.25) is 0 Å². The summed E-state index contributed by atoms with van der Waals surface area (Å²) < 4.78 is 25.9. The molecule has 5 rings (SSSR count). The van der Waals surface area contributed by atoms with E-state index in [1.165, 1.54) is 22.0 Å². The van der Waals surface area contributed by atoms with Gasteiger partial charge in [0.05, 0.1) is 12.6 Å². The van der Waals surface area contributed by atoms with Gasteiger partial charge in [0.2, 0.25) is 11.7 Å². The Morgan fingerprint density at radius 2 is 2.13 bits per heavy atom. The fraction of sp³-hybridized carbons (Fsp3) is 0.429. The number of carbonyl (C=O) groups excluding carboxylic acids is 1. The van der Waals surface area contributed by atoms with Crippen LogP contribution in [0.3, 0.4) is 0 Å². The number of rotatable bonds is 7. The number of aromatic nitrogens is 3. The van der Waals surface area contributed by atoms with Crippen LogP contribution in [0, 0.1) is 11.7 Å². The second-order valence-corrected chi connectivity index (χ2v) is 11.0. The summed E-state index contributed by atoms with van der Waals surface area (Å²) in [6.07, 6.45) is 6.38. The monoisotopic (exact) mass is 554 g/mol. The van der Waals surface area contributed by atoms with Gasteiger partial charge in [-0.15, -0.1) is 11.3 Å². The smallest absolute Gasteiger partial charge is 0.300 e. The van der Waals surface area contributed by atoms with Crippen LogP contribution in [0.4, 0.5) is 4.39 Å². The molecule has 39 heavy (non-hydrogen) atoms. The summed E-state index contributed by atoms with van der Waals surface area (Å²) in [6, 6.07) is 4.76.